The largest absolute Gasteiger partial charge is 0.486 e. The molecule has 1 heterocycles. The normalized spacial score (nSPS) is 15.8. The van der Waals surface area contributed by atoms with Crippen LogP contribution in [0.25, 0.3) is 0 Å². The predicted molar refractivity (Wildman–Crippen MR) is 110 cm³/mol. The second-order valence-electron chi connectivity index (χ2n) is 7.19. The summed E-state index contributed by atoms with van der Waals surface area (Å²) < 4.78 is 39.1. The molecule has 0 saturated heterocycles. The van der Waals surface area contributed by atoms with Gasteiger partial charge in [-0.2, -0.15) is 0 Å². The number of carbonyl (C=O) groups is 1. The van der Waals surface area contributed by atoms with E-state index in [-0.39, 0.29) is 29.9 Å². The SMILES string of the molecule is Cc1ccc(C)c(S(=O)(=O)NCCC(=O)N(C)C[C@@H]2COc3ccccc3O2)c1. The van der Waals surface area contributed by atoms with Crippen molar-refractivity contribution in [3.8, 4) is 11.5 Å². The molecule has 1 aliphatic heterocycles. The zero-order chi connectivity index (χ0) is 21.0. The maximum absolute atomic E-state index is 12.5. The number of nitrogens with zero attached hydrogens (tertiary/aromatic N) is 1. The van der Waals surface area contributed by atoms with Crippen LogP contribution < -0.4 is 14.2 Å². The van der Waals surface area contributed by atoms with Crippen molar-refractivity contribution < 1.29 is 22.7 Å². The van der Waals surface area contributed by atoms with E-state index in [1.165, 1.54) is 4.90 Å². The molecule has 1 atom stereocenters. The van der Waals surface area contributed by atoms with Gasteiger partial charge in [0.25, 0.3) is 0 Å². The monoisotopic (exact) mass is 418 g/mol. The van der Waals surface area contributed by atoms with Crippen LogP contribution in [0, 0.1) is 13.8 Å². The van der Waals surface area contributed by atoms with Gasteiger partial charge in [0, 0.05) is 20.0 Å². The van der Waals surface area contributed by atoms with Gasteiger partial charge in [-0.25, -0.2) is 13.1 Å². The highest BCUT2D eigenvalue weighted by Gasteiger charge is 2.24. The highest BCUT2D eigenvalue weighted by Crippen LogP contribution is 2.30. The van der Waals surface area contributed by atoms with Gasteiger partial charge in [-0.1, -0.05) is 24.3 Å². The first-order valence-corrected chi connectivity index (χ1v) is 10.9. The fourth-order valence-corrected chi connectivity index (χ4v) is 4.48. The maximum atomic E-state index is 12.5. The van der Waals surface area contributed by atoms with E-state index in [1.807, 2.05) is 37.3 Å². The molecule has 1 aliphatic rings. The van der Waals surface area contributed by atoms with E-state index in [1.54, 1.807) is 26.1 Å². The predicted octanol–water partition coefficient (Wildman–Crippen LogP) is 2.27. The molecule has 0 aliphatic carbocycles. The van der Waals surface area contributed by atoms with Gasteiger partial charge in [0.15, 0.2) is 17.6 Å². The number of rotatable bonds is 7. The van der Waals surface area contributed by atoms with Gasteiger partial charge >= 0.3 is 0 Å². The molecule has 156 valence electrons. The van der Waals surface area contributed by atoms with Crippen molar-refractivity contribution in [3.63, 3.8) is 0 Å². The first-order valence-electron chi connectivity index (χ1n) is 9.45. The summed E-state index contributed by atoms with van der Waals surface area (Å²) in [5.74, 6) is 1.18. The molecule has 3 rings (SSSR count). The van der Waals surface area contributed by atoms with Crippen LogP contribution in [-0.2, 0) is 14.8 Å². The van der Waals surface area contributed by atoms with Gasteiger partial charge in [-0.3, -0.25) is 4.79 Å². The number of likely N-dealkylation sites (N-methyl/N-ethyl adjacent to an activating group) is 1. The maximum Gasteiger partial charge on any atom is 0.240 e. The third-order valence-electron chi connectivity index (χ3n) is 4.73. The molecule has 1 N–H and O–H groups in total. The fraction of sp³-hybridized carbons (Fsp3) is 0.381. The number of ether oxygens (including phenoxy) is 2. The second kappa shape index (κ2) is 8.84. The summed E-state index contributed by atoms with van der Waals surface area (Å²) in [6.45, 7) is 4.33. The summed E-state index contributed by atoms with van der Waals surface area (Å²) in [4.78, 5) is 14.2. The number of carbonyl (C=O) groups excluding carboxylic acids is 1. The lowest BCUT2D eigenvalue weighted by molar-refractivity contribution is -0.131. The van der Waals surface area contributed by atoms with Crippen LogP contribution in [0.4, 0.5) is 0 Å². The second-order valence-corrected chi connectivity index (χ2v) is 8.92. The summed E-state index contributed by atoms with van der Waals surface area (Å²) in [6, 6.07) is 12.7. The van der Waals surface area contributed by atoms with E-state index in [9.17, 15) is 13.2 Å². The van der Waals surface area contributed by atoms with E-state index in [0.717, 1.165) is 5.56 Å². The minimum Gasteiger partial charge on any atom is -0.486 e. The molecule has 0 radical (unpaired) electrons. The minimum atomic E-state index is -3.66. The molecule has 29 heavy (non-hydrogen) atoms. The number of sulfonamides is 1. The van der Waals surface area contributed by atoms with Crippen molar-refractivity contribution in [1.82, 2.24) is 9.62 Å². The fourth-order valence-electron chi connectivity index (χ4n) is 3.12. The molecule has 2 aromatic rings. The Hall–Kier alpha value is -2.58. The highest BCUT2D eigenvalue weighted by molar-refractivity contribution is 7.89. The van der Waals surface area contributed by atoms with E-state index >= 15 is 0 Å². The topological polar surface area (TPSA) is 84.9 Å². The lowest BCUT2D eigenvalue weighted by atomic mass is 10.2. The Kier molecular flexibility index (Phi) is 6.44. The molecule has 0 aromatic heterocycles. The molecular formula is C21H26N2O5S. The summed E-state index contributed by atoms with van der Waals surface area (Å²) in [7, 11) is -1.99. The number of amides is 1. The quantitative estimate of drug-likeness (QED) is 0.746. The summed E-state index contributed by atoms with van der Waals surface area (Å²) in [6.07, 6.45) is -0.212. The first-order chi connectivity index (χ1) is 13.8. The van der Waals surface area contributed by atoms with E-state index < -0.39 is 10.0 Å². The van der Waals surface area contributed by atoms with Crippen LogP contribution in [0.15, 0.2) is 47.4 Å². The van der Waals surface area contributed by atoms with Crippen LogP contribution in [-0.4, -0.2) is 52.1 Å². The van der Waals surface area contributed by atoms with Crippen molar-refractivity contribution in [2.45, 2.75) is 31.3 Å². The standard InChI is InChI=1S/C21H26N2O5S/c1-15-8-9-16(2)20(12-15)29(25,26)22-11-10-21(24)23(3)13-17-14-27-18-6-4-5-7-19(18)28-17/h4-9,12,17,22H,10-11,13-14H2,1-3H3/t17-/m1/s1. The highest BCUT2D eigenvalue weighted by atomic mass is 32.2. The van der Waals surface area contributed by atoms with Crippen LogP contribution in [0.3, 0.4) is 0 Å². The Labute approximate surface area is 171 Å². The number of nitrogens with one attached hydrogen (secondary N) is 1. The molecular weight excluding hydrogens is 392 g/mol. The molecule has 2 aromatic carbocycles. The summed E-state index contributed by atoms with van der Waals surface area (Å²) in [5.41, 5.74) is 1.53. The van der Waals surface area contributed by atoms with Gasteiger partial charge in [0.2, 0.25) is 15.9 Å². The van der Waals surface area contributed by atoms with E-state index in [0.29, 0.717) is 30.2 Å². The molecule has 0 fully saturated rings. The van der Waals surface area contributed by atoms with Gasteiger partial charge in [0.05, 0.1) is 11.4 Å². The van der Waals surface area contributed by atoms with Crippen molar-refractivity contribution in [2.75, 3.05) is 26.7 Å². The van der Waals surface area contributed by atoms with Crippen molar-refractivity contribution in [2.24, 2.45) is 0 Å². The third kappa shape index (κ3) is 5.27. The third-order valence-corrected chi connectivity index (χ3v) is 6.34. The number of aryl methyl sites for hydroxylation is 2. The van der Waals surface area contributed by atoms with Crippen LogP contribution in [0.1, 0.15) is 17.5 Å². The molecule has 0 bridgehead atoms. The molecule has 0 spiro atoms. The van der Waals surface area contributed by atoms with E-state index in [2.05, 4.69) is 4.72 Å². The average molecular weight is 419 g/mol. The zero-order valence-electron chi connectivity index (χ0n) is 16.8. The molecule has 7 nitrogen and oxygen atoms in total. The Morgan fingerprint density at radius 2 is 1.90 bits per heavy atom. The number of benzene rings is 2. The Balaban J connectivity index is 1.50. The Bertz CT molecular complexity index is 990. The van der Waals surface area contributed by atoms with Gasteiger partial charge in [0.1, 0.15) is 6.61 Å². The molecule has 1 amide bonds. The number of hydrogen-bond acceptors (Lipinski definition) is 5. The zero-order valence-corrected chi connectivity index (χ0v) is 17.7. The van der Waals surface area contributed by atoms with Crippen molar-refractivity contribution in [3.05, 3.63) is 53.6 Å². The molecule has 8 heteroatoms. The number of hydrogen-bond donors (Lipinski definition) is 1. The summed E-state index contributed by atoms with van der Waals surface area (Å²) in [5, 5.41) is 0. The van der Waals surface area contributed by atoms with Gasteiger partial charge < -0.3 is 14.4 Å². The lowest BCUT2D eigenvalue weighted by Gasteiger charge is -2.29. The Morgan fingerprint density at radius 1 is 1.17 bits per heavy atom. The van der Waals surface area contributed by atoms with Gasteiger partial charge in [-0.15, -0.1) is 0 Å². The minimum absolute atomic E-state index is 0.0315. The van der Waals surface area contributed by atoms with Gasteiger partial charge in [-0.05, 0) is 43.2 Å². The molecule has 0 unspecified atom stereocenters. The van der Waals surface area contributed by atoms with Crippen LogP contribution in [0.2, 0.25) is 0 Å². The smallest absolute Gasteiger partial charge is 0.240 e. The lowest BCUT2D eigenvalue weighted by Crippen LogP contribution is -2.42. The Morgan fingerprint density at radius 3 is 2.66 bits per heavy atom. The van der Waals surface area contributed by atoms with Crippen molar-refractivity contribution in [1.29, 1.82) is 0 Å². The van der Waals surface area contributed by atoms with Crippen LogP contribution in [0.5, 0.6) is 11.5 Å². The first kappa shape index (κ1) is 21.1. The molecule has 0 saturated carbocycles. The number of para-hydroxylation sites is 2. The summed E-state index contributed by atoms with van der Waals surface area (Å²) >= 11 is 0. The number of fused-ring (bicyclic) bond motifs is 1. The van der Waals surface area contributed by atoms with E-state index in [4.69, 9.17) is 9.47 Å². The van der Waals surface area contributed by atoms with Crippen LogP contribution >= 0.6 is 0 Å². The van der Waals surface area contributed by atoms with Crippen molar-refractivity contribution >= 4 is 15.9 Å². The average Bonchev–Trinajstić information content (AvgIpc) is 2.69.